The predicted molar refractivity (Wildman–Crippen MR) is 116 cm³/mol. The lowest BCUT2D eigenvalue weighted by molar-refractivity contribution is 0.0589. The van der Waals surface area contributed by atoms with Gasteiger partial charge >= 0.3 is 0 Å². The number of amides is 1. The Morgan fingerprint density at radius 3 is 2.59 bits per heavy atom. The van der Waals surface area contributed by atoms with Crippen molar-refractivity contribution >= 4 is 17.4 Å². The fourth-order valence-corrected chi connectivity index (χ4v) is 3.65. The lowest BCUT2D eigenvalue weighted by atomic mass is 10.1. The van der Waals surface area contributed by atoms with Gasteiger partial charge in [0.1, 0.15) is 23.5 Å². The Hall–Kier alpha value is -3.68. The third-order valence-electron chi connectivity index (χ3n) is 5.31. The highest BCUT2D eigenvalue weighted by Crippen LogP contribution is 2.29. The van der Waals surface area contributed by atoms with Crippen molar-refractivity contribution in [2.24, 2.45) is 0 Å². The van der Waals surface area contributed by atoms with Gasteiger partial charge in [-0.1, -0.05) is 12.1 Å². The molecule has 2 heterocycles. The Morgan fingerprint density at radius 2 is 1.84 bits per heavy atom. The number of methoxy groups -OCH3 is 1. The molecular weight excluding hydrogens is 416 g/mol. The number of benzene rings is 2. The number of carbonyl (C=O) groups excluding carboxylic acids is 1. The van der Waals surface area contributed by atoms with Gasteiger partial charge in [0.25, 0.3) is 5.91 Å². The number of hydrogen-bond acceptors (Lipinski definition) is 5. The Bertz CT molecular complexity index is 1100. The Morgan fingerprint density at radius 1 is 1.06 bits per heavy atom. The number of nitrogens with zero attached hydrogens (tertiary/aromatic N) is 2. The van der Waals surface area contributed by atoms with E-state index in [1.54, 1.807) is 30.3 Å². The van der Waals surface area contributed by atoms with Gasteiger partial charge in [-0.15, -0.1) is 0 Å². The molecule has 0 bridgehead atoms. The van der Waals surface area contributed by atoms with Gasteiger partial charge in [0, 0.05) is 38.2 Å². The highest BCUT2D eigenvalue weighted by Gasteiger charge is 2.27. The van der Waals surface area contributed by atoms with Crippen molar-refractivity contribution in [1.29, 1.82) is 0 Å². The molecule has 0 unspecified atom stereocenters. The van der Waals surface area contributed by atoms with E-state index in [9.17, 15) is 13.6 Å². The zero-order valence-electron chi connectivity index (χ0n) is 17.6. The summed E-state index contributed by atoms with van der Waals surface area (Å²) in [4.78, 5) is 19.3. The van der Waals surface area contributed by atoms with Crippen LogP contribution in [0.15, 0.2) is 60.8 Å². The first-order chi connectivity index (χ1) is 15.5. The van der Waals surface area contributed by atoms with E-state index in [4.69, 9.17) is 9.47 Å². The first kappa shape index (κ1) is 21.5. The summed E-state index contributed by atoms with van der Waals surface area (Å²) < 4.78 is 38.0. The van der Waals surface area contributed by atoms with E-state index in [0.717, 1.165) is 12.1 Å². The number of nitrogens with one attached hydrogen (secondary N) is 1. The third-order valence-corrected chi connectivity index (χ3v) is 5.31. The number of ether oxygens (including phenoxy) is 2. The number of pyridine rings is 1. The average Bonchev–Trinajstić information content (AvgIpc) is 2.82. The molecule has 32 heavy (non-hydrogen) atoms. The minimum Gasteiger partial charge on any atom is -0.495 e. The van der Waals surface area contributed by atoms with Gasteiger partial charge in [0.2, 0.25) is 0 Å². The van der Waals surface area contributed by atoms with Crippen LogP contribution < -0.4 is 14.8 Å². The monoisotopic (exact) mass is 439 g/mol. The molecule has 0 aliphatic carbocycles. The summed E-state index contributed by atoms with van der Waals surface area (Å²) in [5, 5.41) is 3.18. The minimum absolute atomic E-state index is 0.0201. The van der Waals surface area contributed by atoms with E-state index in [1.807, 2.05) is 24.3 Å². The van der Waals surface area contributed by atoms with Crippen LogP contribution >= 0.6 is 0 Å². The van der Waals surface area contributed by atoms with Gasteiger partial charge < -0.3 is 19.7 Å². The fraction of sp³-hybridized carbons (Fsp3) is 0.250. The van der Waals surface area contributed by atoms with E-state index < -0.39 is 11.6 Å². The normalized spacial score (nSPS) is 14.2. The molecule has 1 aliphatic heterocycles. The number of likely N-dealkylation sites (tertiary alicyclic amines) is 1. The van der Waals surface area contributed by atoms with Crippen LogP contribution in [-0.2, 0) is 0 Å². The first-order valence-corrected chi connectivity index (χ1v) is 10.3. The lowest BCUT2D eigenvalue weighted by Crippen LogP contribution is -2.42. The molecule has 0 saturated carbocycles. The lowest BCUT2D eigenvalue weighted by Gasteiger charge is -2.32. The van der Waals surface area contributed by atoms with Gasteiger partial charge in [-0.05, 0) is 36.4 Å². The fourth-order valence-electron chi connectivity index (χ4n) is 3.65. The molecule has 166 valence electrons. The summed E-state index contributed by atoms with van der Waals surface area (Å²) in [6, 6.07) is 14.1. The zero-order valence-corrected chi connectivity index (χ0v) is 17.6. The largest absolute Gasteiger partial charge is 0.495 e. The second-order valence-corrected chi connectivity index (χ2v) is 7.41. The maximum absolute atomic E-state index is 13.9. The van der Waals surface area contributed by atoms with E-state index in [1.165, 1.54) is 6.07 Å². The Balaban J connectivity index is 1.42. The molecule has 2 aromatic carbocycles. The number of para-hydroxylation sites is 2. The first-order valence-electron chi connectivity index (χ1n) is 10.3. The number of carbonyl (C=O) groups is 1. The van der Waals surface area contributed by atoms with Crippen molar-refractivity contribution in [2.45, 2.75) is 18.9 Å². The third kappa shape index (κ3) is 4.80. The van der Waals surface area contributed by atoms with Crippen LogP contribution in [0.25, 0.3) is 0 Å². The number of rotatable bonds is 6. The molecule has 1 aromatic heterocycles. The van der Waals surface area contributed by atoms with Crippen molar-refractivity contribution < 1.29 is 23.0 Å². The molecular formula is C24H23F2N3O3. The number of hydrogen-bond donors (Lipinski definition) is 1. The highest BCUT2D eigenvalue weighted by molar-refractivity contribution is 5.99. The molecule has 1 aliphatic rings. The van der Waals surface area contributed by atoms with Crippen LogP contribution in [-0.4, -0.2) is 42.1 Å². The van der Waals surface area contributed by atoms with E-state index in [-0.39, 0.29) is 17.8 Å². The average molecular weight is 439 g/mol. The van der Waals surface area contributed by atoms with Crippen LogP contribution in [0.4, 0.5) is 20.3 Å². The summed E-state index contributed by atoms with van der Waals surface area (Å²) in [7, 11) is 1.58. The second kappa shape index (κ2) is 9.64. The SMILES string of the molecule is COc1ccccc1Nc1ncccc1C(=O)N1CCC(Oc2ccc(F)cc2F)CC1. The Labute approximate surface area is 184 Å². The number of aromatic nitrogens is 1. The molecule has 1 fully saturated rings. The van der Waals surface area contributed by atoms with Crippen molar-refractivity contribution in [3.8, 4) is 11.5 Å². The van der Waals surface area contributed by atoms with Crippen LogP contribution in [0.3, 0.4) is 0 Å². The van der Waals surface area contributed by atoms with Crippen molar-refractivity contribution in [2.75, 3.05) is 25.5 Å². The molecule has 6 nitrogen and oxygen atoms in total. The molecule has 3 aromatic rings. The van der Waals surface area contributed by atoms with E-state index in [0.29, 0.717) is 48.7 Å². The smallest absolute Gasteiger partial charge is 0.257 e. The van der Waals surface area contributed by atoms with Crippen LogP contribution in [0.1, 0.15) is 23.2 Å². The summed E-state index contributed by atoms with van der Waals surface area (Å²) in [5.74, 6) is -0.430. The molecule has 0 spiro atoms. The van der Waals surface area contributed by atoms with Gasteiger partial charge in [0.15, 0.2) is 11.6 Å². The van der Waals surface area contributed by atoms with Gasteiger partial charge in [-0.3, -0.25) is 4.79 Å². The molecule has 1 N–H and O–H groups in total. The van der Waals surface area contributed by atoms with Crippen molar-refractivity contribution in [3.63, 3.8) is 0 Å². The summed E-state index contributed by atoms with van der Waals surface area (Å²) >= 11 is 0. The quantitative estimate of drug-likeness (QED) is 0.598. The van der Waals surface area contributed by atoms with Gasteiger partial charge in [-0.25, -0.2) is 13.8 Å². The van der Waals surface area contributed by atoms with Crippen LogP contribution in [0, 0.1) is 11.6 Å². The molecule has 4 rings (SSSR count). The molecule has 8 heteroatoms. The number of anilines is 2. The predicted octanol–water partition coefficient (Wildman–Crippen LogP) is 4.80. The van der Waals surface area contributed by atoms with Gasteiger partial charge in [0.05, 0.1) is 18.4 Å². The Kier molecular flexibility index (Phi) is 6.49. The molecule has 0 radical (unpaired) electrons. The molecule has 0 atom stereocenters. The van der Waals surface area contributed by atoms with Crippen LogP contribution in [0.5, 0.6) is 11.5 Å². The van der Waals surface area contributed by atoms with E-state index >= 15 is 0 Å². The second-order valence-electron chi connectivity index (χ2n) is 7.41. The van der Waals surface area contributed by atoms with Crippen molar-refractivity contribution in [3.05, 3.63) is 78.0 Å². The zero-order chi connectivity index (χ0) is 22.5. The molecule has 1 saturated heterocycles. The number of halogens is 2. The topological polar surface area (TPSA) is 63.7 Å². The van der Waals surface area contributed by atoms with Gasteiger partial charge in [-0.2, -0.15) is 0 Å². The van der Waals surface area contributed by atoms with Crippen molar-refractivity contribution in [1.82, 2.24) is 9.88 Å². The standard InChI is InChI=1S/C24H23F2N3O3/c1-31-22-7-3-2-6-20(22)28-23-18(5-4-12-27-23)24(30)29-13-10-17(11-14-29)32-21-9-8-16(25)15-19(21)26/h2-9,12,15,17H,10-11,13-14H2,1H3,(H,27,28). The summed E-state index contributed by atoms with van der Waals surface area (Å²) in [6.07, 6.45) is 2.45. The maximum atomic E-state index is 13.9. The maximum Gasteiger partial charge on any atom is 0.257 e. The molecule has 1 amide bonds. The number of piperidine rings is 1. The highest BCUT2D eigenvalue weighted by atomic mass is 19.1. The minimum atomic E-state index is -0.731. The van der Waals surface area contributed by atoms with E-state index in [2.05, 4.69) is 10.3 Å². The summed E-state index contributed by atoms with van der Waals surface area (Å²) in [6.45, 7) is 0.907. The van der Waals surface area contributed by atoms with Crippen LogP contribution in [0.2, 0.25) is 0 Å². The summed E-state index contributed by atoms with van der Waals surface area (Å²) in [5.41, 5.74) is 1.15.